The molecule has 0 bridgehead atoms. The zero-order chi connectivity index (χ0) is 9.42. The van der Waals surface area contributed by atoms with E-state index in [1.165, 1.54) is 17.7 Å². The zero-order valence-electron chi connectivity index (χ0n) is 8.17. The molecule has 1 aromatic heterocycles. The smallest absolute Gasteiger partial charge is 0.125 e. The lowest BCUT2D eigenvalue weighted by atomic mass is 10.1. The summed E-state index contributed by atoms with van der Waals surface area (Å²) in [6.45, 7) is 3.92. The molecule has 1 aliphatic carbocycles. The van der Waals surface area contributed by atoms with Crippen LogP contribution >= 0.6 is 0 Å². The van der Waals surface area contributed by atoms with Gasteiger partial charge in [0.1, 0.15) is 5.82 Å². The first-order valence-corrected chi connectivity index (χ1v) is 4.80. The van der Waals surface area contributed by atoms with Crippen LogP contribution in [0.15, 0.2) is 0 Å². The summed E-state index contributed by atoms with van der Waals surface area (Å²) in [5, 5.41) is 0. The maximum atomic E-state index is 5.87. The summed E-state index contributed by atoms with van der Waals surface area (Å²) in [6, 6.07) is 0.0357. The second-order valence-corrected chi connectivity index (χ2v) is 3.72. The fourth-order valence-electron chi connectivity index (χ4n) is 1.97. The van der Waals surface area contributed by atoms with E-state index >= 15 is 0 Å². The number of hydrogen-bond acceptors (Lipinski definition) is 3. The van der Waals surface area contributed by atoms with E-state index in [9.17, 15) is 0 Å². The predicted octanol–water partition coefficient (Wildman–Crippen LogP) is 1.29. The summed E-state index contributed by atoms with van der Waals surface area (Å²) in [5.41, 5.74) is 9.45. The molecule has 0 fully saturated rings. The summed E-state index contributed by atoms with van der Waals surface area (Å²) < 4.78 is 0. The molecular weight excluding hydrogens is 162 g/mol. The van der Waals surface area contributed by atoms with Crippen molar-refractivity contribution < 1.29 is 0 Å². The van der Waals surface area contributed by atoms with Crippen LogP contribution in [0.3, 0.4) is 0 Å². The van der Waals surface area contributed by atoms with E-state index in [-0.39, 0.29) is 6.04 Å². The normalized spacial score (nSPS) is 17.2. The molecule has 0 aromatic carbocycles. The highest BCUT2D eigenvalue weighted by Crippen LogP contribution is 2.25. The quantitative estimate of drug-likeness (QED) is 0.703. The Morgan fingerprint density at radius 1 is 1.31 bits per heavy atom. The lowest BCUT2D eigenvalue weighted by Gasteiger charge is -2.10. The van der Waals surface area contributed by atoms with Crippen LogP contribution in [-0.4, -0.2) is 9.97 Å². The van der Waals surface area contributed by atoms with Gasteiger partial charge in [-0.25, -0.2) is 9.97 Å². The molecule has 3 nitrogen and oxygen atoms in total. The average Bonchev–Trinajstić information content (AvgIpc) is 2.49. The van der Waals surface area contributed by atoms with Gasteiger partial charge >= 0.3 is 0 Å². The van der Waals surface area contributed by atoms with E-state index < -0.39 is 0 Å². The van der Waals surface area contributed by atoms with Crippen molar-refractivity contribution >= 4 is 0 Å². The first kappa shape index (κ1) is 8.63. The molecule has 13 heavy (non-hydrogen) atoms. The SMILES string of the molecule is Cc1nc2c(c([C@H](C)N)n1)CCC2. The predicted molar refractivity (Wildman–Crippen MR) is 51.4 cm³/mol. The summed E-state index contributed by atoms with van der Waals surface area (Å²) in [6.07, 6.45) is 3.40. The number of aromatic nitrogens is 2. The highest BCUT2D eigenvalue weighted by Gasteiger charge is 2.19. The third-order valence-electron chi connectivity index (χ3n) is 2.51. The minimum absolute atomic E-state index is 0.0357. The number of aryl methyl sites for hydroxylation is 2. The van der Waals surface area contributed by atoms with E-state index in [2.05, 4.69) is 9.97 Å². The van der Waals surface area contributed by atoms with E-state index in [1.807, 2.05) is 13.8 Å². The Morgan fingerprint density at radius 3 is 2.77 bits per heavy atom. The van der Waals surface area contributed by atoms with Crippen molar-refractivity contribution in [3.63, 3.8) is 0 Å². The average molecular weight is 177 g/mol. The topological polar surface area (TPSA) is 51.8 Å². The Bertz CT molecular complexity index is 331. The molecule has 2 rings (SSSR count). The molecule has 0 radical (unpaired) electrons. The van der Waals surface area contributed by atoms with Crippen LogP contribution in [0.1, 0.15) is 42.2 Å². The molecule has 0 aliphatic heterocycles. The van der Waals surface area contributed by atoms with Gasteiger partial charge in [-0.1, -0.05) is 0 Å². The van der Waals surface area contributed by atoms with Gasteiger partial charge in [-0.2, -0.15) is 0 Å². The second kappa shape index (κ2) is 3.07. The van der Waals surface area contributed by atoms with Crippen LogP contribution in [0.2, 0.25) is 0 Å². The maximum absolute atomic E-state index is 5.87. The van der Waals surface area contributed by atoms with Gasteiger partial charge in [0, 0.05) is 11.7 Å². The van der Waals surface area contributed by atoms with Gasteiger partial charge in [-0.3, -0.25) is 0 Å². The van der Waals surface area contributed by atoms with Gasteiger partial charge in [-0.15, -0.1) is 0 Å². The minimum Gasteiger partial charge on any atom is -0.323 e. The zero-order valence-corrected chi connectivity index (χ0v) is 8.17. The molecule has 3 heteroatoms. The standard InChI is InChI=1S/C10H15N3/c1-6(11)10-8-4-3-5-9(8)12-7(2)13-10/h6H,3-5,11H2,1-2H3/t6-/m0/s1. The highest BCUT2D eigenvalue weighted by atomic mass is 14.9. The molecule has 1 aliphatic rings. The summed E-state index contributed by atoms with van der Waals surface area (Å²) in [5.74, 6) is 0.855. The van der Waals surface area contributed by atoms with Crippen LogP contribution in [0.4, 0.5) is 0 Å². The van der Waals surface area contributed by atoms with E-state index in [0.717, 1.165) is 24.4 Å². The molecule has 1 atom stereocenters. The fraction of sp³-hybridized carbons (Fsp3) is 0.600. The Kier molecular flexibility index (Phi) is 2.04. The van der Waals surface area contributed by atoms with Gasteiger partial charge in [-0.05, 0) is 38.7 Å². The number of fused-ring (bicyclic) bond motifs is 1. The molecule has 0 saturated carbocycles. The Labute approximate surface area is 78.4 Å². The molecule has 0 unspecified atom stereocenters. The van der Waals surface area contributed by atoms with Crippen LogP contribution < -0.4 is 5.73 Å². The van der Waals surface area contributed by atoms with Gasteiger partial charge in [0.25, 0.3) is 0 Å². The highest BCUT2D eigenvalue weighted by molar-refractivity contribution is 5.31. The van der Waals surface area contributed by atoms with Gasteiger partial charge < -0.3 is 5.73 Å². The van der Waals surface area contributed by atoms with E-state index in [1.54, 1.807) is 0 Å². The van der Waals surface area contributed by atoms with Crippen molar-refractivity contribution in [2.24, 2.45) is 5.73 Å². The summed E-state index contributed by atoms with van der Waals surface area (Å²) in [4.78, 5) is 8.84. The first-order valence-electron chi connectivity index (χ1n) is 4.80. The van der Waals surface area contributed by atoms with Gasteiger partial charge in [0.05, 0.1) is 5.69 Å². The van der Waals surface area contributed by atoms with Crippen molar-refractivity contribution in [3.05, 3.63) is 22.8 Å². The number of nitrogens with two attached hydrogens (primary N) is 1. The Hall–Kier alpha value is -0.960. The molecule has 1 aromatic rings. The molecule has 0 saturated heterocycles. The summed E-state index contributed by atoms with van der Waals surface area (Å²) >= 11 is 0. The largest absolute Gasteiger partial charge is 0.323 e. The van der Waals surface area contributed by atoms with Crippen molar-refractivity contribution in [2.45, 2.75) is 39.2 Å². The monoisotopic (exact) mass is 177 g/mol. The minimum atomic E-state index is 0.0357. The molecule has 0 spiro atoms. The number of rotatable bonds is 1. The third kappa shape index (κ3) is 1.44. The Balaban J connectivity index is 2.55. The lowest BCUT2D eigenvalue weighted by molar-refractivity contribution is 0.746. The molecular formula is C10H15N3. The van der Waals surface area contributed by atoms with E-state index in [4.69, 9.17) is 5.73 Å². The molecule has 1 heterocycles. The van der Waals surface area contributed by atoms with Crippen molar-refractivity contribution in [2.75, 3.05) is 0 Å². The lowest BCUT2D eigenvalue weighted by Crippen LogP contribution is -2.13. The van der Waals surface area contributed by atoms with E-state index in [0.29, 0.717) is 0 Å². The fourth-order valence-corrected chi connectivity index (χ4v) is 1.97. The van der Waals surface area contributed by atoms with Gasteiger partial charge in [0.2, 0.25) is 0 Å². The summed E-state index contributed by atoms with van der Waals surface area (Å²) in [7, 11) is 0. The van der Waals surface area contributed by atoms with Gasteiger partial charge in [0.15, 0.2) is 0 Å². The van der Waals surface area contributed by atoms with Crippen LogP contribution in [0, 0.1) is 6.92 Å². The second-order valence-electron chi connectivity index (χ2n) is 3.72. The van der Waals surface area contributed by atoms with Crippen LogP contribution in [-0.2, 0) is 12.8 Å². The maximum Gasteiger partial charge on any atom is 0.125 e. The molecule has 0 amide bonds. The van der Waals surface area contributed by atoms with Crippen molar-refractivity contribution in [1.29, 1.82) is 0 Å². The Morgan fingerprint density at radius 2 is 2.08 bits per heavy atom. The van der Waals surface area contributed by atoms with Crippen LogP contribution in [0.25, 0.3) is 0 Å². The first-order chi connectivity index (χ1) is 6.18. The number of nitrogens with zero attached hydrogens (tertiary/aromatic N) is 2. The molecule has 70 valence electrons. The third-order valence-corrected chi connectivity index (χ3v) is 2.51. The van der Waals surface area contributed by atoms with Crippen molar-refractivity contribution in [3.8, 4) is 0 Å². The molecule has 2 N–H and O–H groups in total. The van der Waals surface area contributed by atoms with Crippen molar-refractivity contribution in [1.82, 2.24) is 9.97 Å². The van der Waals surface area contributed by atoms with Crippen LogP contribution in [0.5, 0.6) is 0 Å². The number of hydrogen-bond donors (Lipinski definition) is 1.